The summed E-state index contributed by atoms with van der Waals surface area (Å²) in [6, 6.07) is 0.991. The molecular formula is C17H30N6O. The van der Waals surface area contributed by atoms with Crippen LogP contribution in [0.25, 0.3) is 0 Å². The molecule has 2 aliphatic rings. The van der Waals surface area contributed by atoms with E-state index in [9.17, 15) is 4.79 Å². The molecule has 0 saturated heterocycles. The van der Waals surface area contributed by atoms with Crippen molar-refractivity contribution in [3.8, 4) is 0 Å². The zero-order valence-electron chi connectivity index (χ0n) is 14.9. The Morgan fingerprint density at radius 3 is 2.92 bits per heavy atom. The molecule has 1 aliphatic carbocycles. The number of amides is 2. The van der Waals surface area contributed by atoms with Crippen LogP contribution in [-0.4, -0.2) is 57.9 Å². The minimum absolute atomic E-state index is 0.0957. The lowest BCUT2D eigenvalue weighted by atomic mass is 10.2. The molecule has 1 saturated carbocycles. The van der Waals surface area contributed by atoms with Gasteiger partial charge in [0.1, 0.15) is 11.6 Å². The van der Waals surface area contributed by atoms with Gasteiger partial charge in [-0.25, -0.2) is 4.79 Å². The summed E-state index contributed by atoms with van der Waals surface area (Å²) >= 11 is 0. The van der Waals surface area contributed by atoms with Gasteiger partial charge in [0, 0.05) is 44.6 Å². The zero-order chi connectivity index (χ0) is 16.9. The summed E-state index contributed by atoms with van der Waals surface area (Å²) in [5.74, 6) is 2.10. The zero-order valence-corrected chi connectivity index (χ0v) is 14.9. The van der Waals surface area contributed by atoms with Crippen LogP contribution in [0.5, 0.6) is 0 Å². The molecule has 1 aromatic rings. The summed E-state index contributed by atoms with van der Waals surface area (Å²) in [5, 5.41) is 14.5. The molecule has 3 rings (SSSR count). The first-order chi connectivity index (χ1) is 11.6. The SMILES string of the molecule is C[C@@H](CNC(=O)NCCc1nnc2n1CCCCC2)N(C)C1CC1. The first kappa shape index (κ1) is 17.2. The number of rotatable bonds is 7. The molecule has 1 aliphatic heterocycles. The Balaban J connectivity index is 1.37. The number of hydrogen-bond acceptors (Lipinski definition) is 4. The Morgan fingerprint density at radius 2 is 2.12 bits per heavy atom. The van der Waals surface area contributed by atoms with Crippen LogP contribution < -0.4 is 10.6 Å². The molecule has 2 amide bonds. The highest BCUT2D eigenvalue weighted by atomic mass is 16.2. The van der Waals surface area contributed by atoms with Gasteiger partial charge in [0.2, 0.25) is 0 Å². The number of carbonyl (C=O) groups is 1. The van der Waals surface area contributed by atoms with Crippen LogP contribution in [0.15, 0.2) is 0 Å². The van der Waals surface area contributed by atoms with Crippen molar-refractivity contribution < 1.29 is 4.79 Å². The summed E-state index contributed by atoms with van der Waals surface area (Å²) < 4.78 is 2.24. The predicted octanol–water partition coefficient (Wildman–Crippen LogP) is 1.33. The fraction of sp³-hybridized carbons (Fsp3) is 0.824. The monoisotopic (exact) mass is 334 g/mol. The van der Waals surface area contributed by atoms with Crippen molar-refractivity contribution in [2.45, 2.75) is 70.5 Å². The second-order valence-electron chi connectivity index (χ2n) is 7.13. The molecule has 1 fully saturated rings. The van der Waals surface area contributed by atoms with Crippen molar-refractivity contribution >= 4 is 6.03 Å². The van der Waals surface area contributed by atoms with E-state index in [0.717, 1.165) is 31.0 Å². The Bertz CT molecular complexity index is 553. The van der Waals surface area contributed by atoms with Crippen LogP contribution in [0.4, 0.5) is 4.79 Å². The molecular weight excluding hydrogens is 304 g/mol. The van der Waals surface area contributed by atoms with E-state index in [-0.39, 0.29) is 6.03 Å². The highest BCUT2D eigenvalue weighted by Crippen LogP contribution is 2.26. The first-order valence-electron chi connectivity index (χ1n) is 9.29. The molecule has 7 heteroatoms. The van der Waals surface area contributed by atoms with Gasteiger partial charge in [-0.2, -0.15) is 0 Å². The minimum Gasteiger partial charge on any atom is -0.338 e. The van der Waals surface area contributed by atoms with Crippen molar-refractivity contribution in [2.75, 3.05) is 20.1 Å². The van der Waals surface area contributed by atoms with Gasteiger partial charge in [0.15, 0.2) is 0 Å². The van der Waals surface area contributed by atoms with Crippen LogP contribution in [0.1, 0.15) is 50.7 Å². The number of likely N-dealkylation sites (N-methyl/N-ethyl adjacent to an activating group) is 1. The van der Waals surface area contributed by atoms with Gasteiger partial charge in [-0.3, -0.25) is 4.90 Å². The summed E-state index contributed by atoms with van der Waals surface area (Å²) in [6.45, 7) is 4.44. The summed E-state index contributed by atoms with van der Waals surface area (Å²) in [6.07, 6.45) is 7.98. The van der Waals surface area contributed by atoms with Gasteiger partial charge in [-0.1, -0.05) is 6.42 Å². The molecule has 0 unspecified atom stereocenters. The largest absolute Gasteiger partial charge is 0.338 e. The average molecular weight is 334 g/mol. The number of fused-ring (bicyclic) bond motifs is 1. The smallest absolute Gasteiger partial charge is 0.314 e. The molecule has 7 nitrogen and oxygen atoms in total. The number of urea groups is 1. The molecule has 134 valence electrons. The second-order valence-corrected chi connectivity index (χ2v) is 7.13. The highest BCUT2D eigenvalue weighted by molar-refractivity contribution is 5.73. The number of nitrogens with one attached hydrogen (secondary N) is 2. The maximum Gasteiger partial charge on any atom is 0.314 e. The van der Waals surface area contributed by atoms with Gasteiger partial charge in [-0.15, -0.1) is 10.2 Å². The molecule has 0 bridgehead atoms. The molecule has 0 aromatic carbocycles. The van der Waals surface area contributed by atoms with Gasteiger partial charge in [0.25, 0.3) is 0 Å². The maximum atomic E-state index is 11.9. The van der Waals surface area contributed by atoms with E-state index >= 15 is 0 Å². The number of carbonyl (C=O) groups excluding carboxylic acids is 1. The fourth-order valence-electron chi connectivity index (χ4n) is 3.31. The molecule has 1 atom stereocenters. The van der Waals surface area contributed by atoms with Gasteiger partial charge in [-0.05, 0) is 39.7 Å². The van der Waals surface area contributed by atoms with E-state index < -0.39 is 0 Å². The summed E-state index contributed by atoms with van der Waals surface area (Å²) in [4.78, 5) is 14.3. The van der Waals surface area contributed by atoms with Crippen molar-refractivity contribution in [1.29, 1.82) is 0 Å². The molecule has 2 heterocycles. The minimum atomic E-state index is -0.0957. The van der Waals surface area contributed by atoms with Crippen molar-refractivity contribution in [3.63, 3.8) is 0 Å². The molecule has 1 aromatic heterocycles. The van der Waals surface area contributed by atoms with E-state index in [1.807, 2.05) is 0 Å². The third-order valence-corrected chi connectivity index (χ3v) is 5.20. The Kier molecular flexibility index (Phi) is 5.71. The van der Waals surface area contributed by atoms with Crippen LogP contribution in [0.3, 0.4) is 0 Å². The topological polar surface area (TPSA) is 75.1 Å². The Labute approximate surface area is 144 Å². The van der Waals surface area contributed by atoms with Crippen molar-refractivity contribution in [1.82, 2.24) is 30.3 Å². The van der Waals surface area contributed by atoms with Crippen LogP contribution >= 0.6 is 0 Å². The van der Waals surface area contributed by atoms with Crippen LogP contribution in [-0.2, 0) is 19.4 Å². The summed E-state index contributed by atoms with van der Waals surface area (Å²) in [7, 11) is 2.14. The first-order valence-corrected chi connectivity index (χ1v) is 9.29. The predicted molar refractivity (Wildman–Crippen MR) is 92.9 cm³/mol. The third-order valence-electron chi connectivity index (χ3n) is 5.20. The van der Waals surface area contributed by atoms with Crippen LogP contribution in [0, 0.1) is 0 Å². The van der Waals surface area contributed by atoms with Gasteiger partial charge < -0.3 is 15.2 Å². The standard InChI is InChI=1S/C17H30N6O/c1-13(22(2)14-7-8-14)12-19-17(24)18-10-9-16-21-20-15-6-4-3-5-11-23(15)16/h13-14H,3-12H2,1-2H3,(H2,18,19,24)/t13-/m0/s1. The van der Waals surface area contributed by atoms with E-state index in [1.165, 1.54) is 32.1 Å². The van der Waals surface area contributed by atoms with E-state index in [4.69, 9.17) is 0 Å². The lowest BCUT2D eigenvalue weighted by Crippen LogP contribution is -2.45. The summed E-state index contributed by atoms with van der Waals surface area (Å²) in [5.41, 5.74) is 0. The lowest BCUT2D eigenvalue weighted by molar-refractivity contribution is 0.222. The quantitative estimate of drug-likeness (QED) is 0.789. The number of aromatic nitrogens is 3. The van der Waals surface area contributed by atoms with Gasteiger partial charge in [0.05, 0.1) is 0 Å². The van der Waals surface area contributed by atoms with E-state index in [1.54, 1.807) is 0 Å². The number of aryl methyl sites for hydroxylation is 1. The molecule has 2 N–H and O–H groups in total. The van der Waals surface area contributed by atoms with E-state index in [0.29, 0.717) is 25.2 Å². The van der Waals surface area contributed by atoms with Crippen LogP contribution in [0.2, 0.25) is 0 Å². The third kappa shape index (κ3) is 4.47. The van der Waals surface area contributed by atoms with Crippen molar-refractivity contribution in [3.05, 3.63) is 11.6 Å². The molecule has 24 heavy (non-hydrogen) atoms. The van der Waals surface area contributed by atoms with Crippen molar-refractivity contribution in [2.24, 2.45) is 0 Å². The van der Waals surface area contributed by atoms with Gasteiger partial charge >= 0.3 is 6.03 Å². The normalized spacial score (nSPS) is 18.8. The fourth-order valence-corrected chi connectivity index (χ4v) is 3.31. The number of nitrogens with zero attached hydrogens (tertiary/aromatic N) is 4. The Morgan fingerprint density at radius 1 is 1.29 bits per heavy atom. The maximum absolute atomic E-state index is 11.9. The van der Waals surface area contributed by atoms with E-state index in [2.05, 4.69) is 44.3 Å². The molecule has 0 spiro atoms. The molecule has 0 radical (unpaired) electrons. The lowest BCUT2D eigenvalue weighted by Gasteiger charge is -2.24. The average Bonchev–Trinajstić information content (AvgIpc) is 3.39. The highest BCUT2D eigenvalue weighted by Gasteiger charge is 2.29. The Hall–Kier alpha value is -1.63. The second kappa shape index (κ2) is 7.96. The number of hydrogen-bond donors (Lipinski definition) is 2.